The summed E-state index contributed by atoms with van der Waals surface area (Å²) in [5.41, 5.74) is 20.9. The van der Waals surface area contributed by atoms with Gasteiger partial charge in [-0.05, 0) is 81.9 Å². The van der Waals surface area contributed by atoms with Gasteiger partial charge >= 0.3 is 0 Å². The predicted octanol–water partition coefficient (Wildman–Crippen LogP) is 8.33. The Kier molecular flexibility index (Phi) is 5.22. The largest absolute Gasteiger partial charge is 0.377 e. The molecule has 4 heteroatoms. The second-order valence-electron chi connectivity index (χ2n) is 14.5. The standard InChI is InChI=1S/C43H33BN2S/c1-43(2)31-16-6-5-13-28(31)38-32(43)23-30(27-15-9-14-26-29-21-24-11-3-4-12-25(24)22-34(29)45-40(26)27)39-42(38)46-35-18-7-8-19-36(35)47-37-20-10-17-33(44-39)41(37)46/h5-6,8-10,13-17,19-23,26,40,44-45H,4,7,12,18H2,1-2H3. The van der Waals surface area contributed by atoms with Crippen LogP contribution in [0.3, 0.4) is 0 Å². The van der Waals surface area contributed by atoms with E-state index in [1.54, 1.807) is 0 Å². The van der Waals surface area contributed by atoms with E-state index < -0.39 is 0 Å². The smallest absolute Gasteiger partial charge is 0.198 e. The minimum absolute atomic E-state index is 0.0992. The molecule has 11 rings (SSSR count). The molecule has 1 N–H and O–H groups in total. The molecule has 0 amide bonds. The van der Waals surface area contributed by atoms with Gasteiger partial charge in [0.1, 0.15) is 0 Å². The molecule has 0 radical (unpaired) electrons. The van der Waals surface area contributed by atoms with E-state index in [0.29, 0.717) is 5.92 Å². The first-order valence-electron chi connectivity index (χ1n) is 17.2. The first-order chi connectivity index (χ1) is 23.1. The highest BCUT2D eigenvalue weighted by atomic mass is 32.2. The Bertz CT molecular complexity index is 2340. The summed E-state index contributed by atoms with van der Waals surface area (Å²) >= 11 is 1.96. The number of benzene rings is 4. The van der Waals surface area contributed by atoms with E-state index in [-0.39, 0.29) is 11.5 Å². The summed E-state index contributed by atoms with van der Waals surface area (Å²) in [5, 5.41) is 4.05. The summed E-state index contributed by atoms with van der Waals surface area (Å²) in [6.45, 7) is 4.87. The fourth-order valence-electron chi connectivity index (χ4n) is 9.53. The lowest BCUT2D eigenvalue weighted by Gasteiger charge is -2.43. The number of nitrogens with zero attached hydrogens (tertiary/aromatic N) is 1. The lowest BCUT2D eigenvalue weighted by atomic mass is 9.56. The number of rotatable bonds is 1. The molecular formula is C43H33BN2S. The summed E-state index contributed by atoms with van der Waals surface area (Å²) in [6, 6.07) is 23.7. The van der Waals surface area contributed by atoms with E-state index in [0.717, 1.165) is 33.0 Å². The first kappa shape index (κ1) is 26.5. The van der Waals surface area contributed by atoms with Crippen molar-refractivity contribution in [3.05, 3.63) is 135 Å². The fraction of sp³-hybridized carbons (Fsp3) is 0.209. The molecule has 224 valence electrons. The van der Waals surface area contributed by atoms with Crippen molar-refractivity contribution in [2.45, 2.75) is 61.8 Å². The normalized spacial score (nSPS) is 22.2. The van der Waals surface area contributed by atoms with Crippen molar-refractivity contribution in [1.29, 1.82) is 0 Å². The maximum atomic E-state index is 4.05. The summed E-state index contributed by atoms with van der Waals surface area (Å²) in [5.74, 6) is 7.07. The summed E-state index contributed by atoms with van der Waals surface area (Å²) < 4.78 is 0. The summed E-state index contributed by atoms with van der Waals surface area (Å²) in [4.78, 5) is 5.50. The zero-order valence-electron chi connectivity index (χ0n) is 26.7. The van der Waals surface area contributed by atoms with Crippen LogP contribution in [-0.2, 0) is 11.8 Å². The van der Waals surface area contributed by atoms with Crippen molar-refractivity contribution in [3.63, 3.8) is 0 Å². The first-order valence-corrected chi connectivity index (χ1v) is 18.0. The van der Waals surface area contributed by atoms with Gasteiger partial charge in [-0.15, -0.1) is 0 Å². The van der Waals surface area contributed by atoms with E-state index in [9.17, 15) is 0 Å². The van der Waals surface area contributed by atoms with Crippen LogP contribution in [0, 0.1) is 11.8 Å². The molecule has 0 spiro atoms. The quantitative estimate of drug-likeness (QED) is 0.170. The monoisotopic (exact) mass is 620 g/mol. The number of allylic oxidation sites excluding steroid dienone is 5. The predicted molar refractivity (Wildman–Crippen MR) is 199 cm³/mol. The van der Waals surface area contributed by atoms with Crippen molar-refractivity contribution >= 4 is 52.6 Å². The van der Waals surface area contributed by atoms with Gasteiger partial charge in [0.2, 0.25) is 0 Å². The number of thioether (sulfide) groups is 1. The molecule has 4 aromatic carbocycles. The highest BCUT2D eigenvalue weighted by molar-refractivity contribution is 8.03. The minimum atomic E-state index is -0.0992. The molecule has 0 saturated heterocycles. The number of fused-ring (bicyclic) bond motifs is 11. The van der Waals surface area contributed by atoms with Gasteiger partial charge in [0, 0.05) is 55.8 Å². The van der Waals surface area contributed by atoms with Crippen LogP contribution in [0.25, 0.3) is 16.7 Å². The fourth-order valence-corrected chi connectivity index (χ4v) is 10.7. The van der Waals surface area contributed by atoms with Gasteiger partial charge in [-0.3, -0.25) is 0 Å². The highest BCUT2D eigenvalue weighted by Gasteiger charge is 2.45. The van der Waals surface area contributed by atoms with Crippen LogP contribution < -0.4 is 21.1 Å². The average molecular weight is 621 g/mol. The Balaban J connectivity index is 1.18. The molecule has 0 fully saturated rings. The van der Waals surface area contributed by atoms with Crippen LogP contribution in [0.15, 0.2) is 107 Å². The number of nitrogens with one attached hydrogen (secondary N) is 1. The molecule has 7 aliphatic rings. The third-order valence-electron chi connectivity index (χ3n) is 11.7. The molecule has 0 bridgehead atoms. The van der Waals surface area contributed by atoms with Crippen LogP contribution in [0.1, 0.15) is 72.4 Å². The third kappa shape index (κ3) is 3.46. The SMILES string of the molecule is CC1(C)c2ccccc2-c2c1cc(C1=CC=CC3c4cc5c(cc4NC13)CCC#C5)c1c2N2C3=C(C=CCC3)Sc3cccc(c32)B1. The van der Waals surface area contributed by atoms with Crippen LogP contribution in [0.2, 0.25) is 0 Å². The second-order valence-corrected chi connectivity index (χ2v) is 15.6. The third-order valence-corrected chi connectivity index (χ3v) is 12.9. The lowest BCUT2D eigenvalue weighted by Crippen LogP contribution is -2.45. The number of hydrogen-bond donors (Lipinski definition) is 1. The number of para-hydroxylation sites is 1. The number of aryl methyl sites for hydroxylation is 1. The van der Waals surface area contributed by atoms with Gasteiger partial charge in [0.25, 0.3) is 0 Å². The van der Waals surface area contributed by atoms with Crippen molar-refractivity contribution < 1.29 is 0 Å². The average Bonchev–Trinajstić information content (AvgIpc) is 3.58. The maximum absolute atomic E-state index is 4.05. The molecule has 4 aliphatic carbocycles. The Morgan fingerprint density at radius 3 is 2.87 bits per heavy atom. The Labute approximate surface area is 281 Å². The molecule has 47 heavy (non-hydrogen) atoms. The van der Waals surface area contributed by atoms with Crippen LogP contribution in [-0.4, -0.2) is 13.3 Å². The van der Waals surface area contributed by atoms with Gasteiger partial charge in [-0.25, -0.2) is 0 Å². The van der Waals surface area contributed by atoms with Gasteiger partial charge in [0.15, 0.2) is 7.28 Å². The molecule has 4 aromatic rings. The molecular weight excluding hydrogens is 587 g/mol. The summed E-state index contributed by atoms with van der Waals surface area (Å²) in [7, 11) is 0.939. The van der Waals surface area contributed by atoms with Crippen LogP contribution in [0.4, 0.5) is 17.1 Å². The van der Waals surface area contributed by atoms with E-state index in [1.165, 1.54) is 93.6 Å². The zero-order valence-corrected chi connectivity index (χ0v) is 27.5. The van der Waals surface area contributed by atoms with Crippen molar-refractivity contribution in [2.75, 3.05) is 10.2 Å². The number of anilines is 3. The van der Waals surface area contributed by atoms with Gasteiger partial charge in [-0.2, -0.15) is 0 Å². The van der Waals surface area contributed by atoms with Crippen molar-refractivity contribution in [1.82, 2.24) is 0 Å². The van der Waals surface area contributed by atoms with Gasteiger partial charge < -0.3 is 10.2 Å². The summed E-state index contributed by atoms with van der Waals surface area (Å²) in [6.07, 6.45) is 16.0. The number of hydrogen-bond acceptors (Lipinski definition) is 3. The van der Waals surface area contributed by atoms with E-state index in [2.05, 4.69) is 127 Å². The topological polar surface area (TPSA) is 15.3 Å². The van der Waals surface area contributed by atoms with E-state index in [4.69, 9.17) is 0 Å². The Morgan fingerprint density at radius 1 is 0.979 bits per heavy atom. The zero-order chi connectivity index (χ0) is 31.0. The molecule has 0 saturated carbocycles. The second kappa shape index (κ2) is 9.27. The molecule has 0 aromatic heterocycles. The molecule has 3 aliphatic heterocycles. The van der Waals surface area contributed by atoms with E-state index >= 15 is 0 Å². The van der Waals surface area contributed by atoms with E-state index in [1.807, 2.05) is 11.8 Å². The molecule has 2 unspecified atom stereocenters. The Morgan fingerprint density at radius 2 is 1.91 bits per heavy atom. The van der Waals surface area contributed by atoms with Crippen LogP contribution >= 0.6 is 11.8 Å². The Hall–Kier alpha value is -4.59. The van der Waals surface area contributed by atoms with Crippen molar-refractivity contribution in [2.24, 2.45) is 0 Å². The molecule has 3 heterocycles. The minimum Gasteiger partial charge on any atom is -0.377 e. The molecule has 2 nitrogen and oxygen atoms in total. The lowest BCUT2D eigenvalue weighted by molar-refractivity contribution is 0.660. The molecule has 2 atom stereocenters. The maximum Gasteiger partial charge on any atom is 0.198 e. The van der Waals surface area contributed by atoms with Crippen molar-refractivity contribution in [3.8, 4) is 23.0 Å². The van der Waals surface area contributed by atoms with Crippen LogP contribution in [0.5, 0.6) is 0 Å². The van der Waals surface area contributed by atoms with Gasteiger partial charge in [-0.1, -0.05) is 116 Å². The van der Waals surface area contributed by atoms with Gasteiger partial charge in [0.05, 0.1) is 11.7 Å². The highest BCUT2D eigenvalue weighted by Crippen LogP contribution is 2.58.